The highest BCUT2D eigenvalue weighted by atomic mass is 32.2. The van der Waals surface area contributed by atoms with Crippen LogP contribution in [0.25, 0.3) is 10.9 Å². The number of aromatic nitrogens is 1. The Morgan fingerprint density at radius 1 is 0.857 bits per heavy atom. The third-order valence-corrected chi connectivity index (χ3v) is 3.95. The summed E-state index contributed by atoms with van der Waals surface area (Å²) in [5, 5.41) is 1.01. The normalized spacial score (nSPS) is 11.8. The Morgan fingerprint density at radius 2 is 1.57 bits per heavy atom. The number of pyridine rings is 1. The van der Waals surface area contributed by atoms with Crippen LogP contribution < -0.4 is 0 Å². The summed E-state index contributed by atoms with van der Waals surface area (Å²) in [6, 6.07) is 14.8. The van der Waals surface area contributed by atoms with E-state index in [0.717, 1.165) is 32.8 Å². The van der Waals surface area contributed by atoms with E-state index in [9.17, 15) is 13.2 Å². The van der Waals surface area contributed by atoms with Crippen molar-refractivity contribution in [1.29, 1.82) is 0 Å². The molecule has 1 nitrogen and oxygen atoms in total. The molecule has 0 aliphatic rings. The van der Waals surface area contributed by atoms with Crippen LogP contribution in [0.2, 0.25) is 0 Å². The molecule has 1 aromatic heterocycles. The third kappa shape index (κ3) is 3.19. The van der Waals surface area contributed by atoms with Crippen LogP contribution in [-0.4, -0.2) is 4.98 Å². The zero-order chi connectivity index (χ0) is 14.9. The van der Waals surface area contributed by atoms with Crippen molar-refractivity contribution in [3.63, 3.8) is 0 Å². The minimum Gasteiger partial charge on any atom is -0.255 e. The topological polar surface area (TPSA) is 12.9 Å². The van der Waals surface area contributed by atoms with Gasteiger partial charge < -0.3 is 0 Å². The van der Waals surface area contributed by atoms with Crippen molar-refractivity contribution in [2.24, 2.45) is 0 Å². The summed E-state index contributed by atoms with van der Waals surface area (Å²) >= 11 is 1.39. The monoisotopic (exact) mass is 305 g/mol. The molecule has 0 bridgehead atoms. The summed E-state index contributed by atoms with van der Waals surface area (Å²) in [5.74, 6) is 0. The number of fused-ring (bicyclic) bond motifs is 1. The van der Waals surface area contributed by atoms with Crippen molar-refractivity contribution in [2.45, 2.75) is 16.0 Å². The van der Waals surface area contributed by atoms with Gasteiger partial charge in [0.1, 0.15) is 0 Å². The van der Waals surface area contributed by atoms with Crippen LogP contribution in [-0.2, 0) is 6.18 Å². The molecule has 1 heterocycles. The van der Waals surface area contributed by atoms with Gasteiger partial charge in [-0.3, -0.25) is 4.98 Å². The van der Waals surface area contributed by atoms with Crippen LogP contribution in [0.3, 0.4) is 0 Å². The summed E-state index contributed by atoms with van der Waals surface area (Å²) in [4.78, 5) is 5.98. The highest BCUT2D eigenvalue weighted by Crippen LogP contribution is 2.33. The standard InChI is InChI=1S/C16H10F3NS/c17-16(18,19)12-5-7-13(8-6-12)21-14-9-11-3-1-2-4-15(11)20-10-14/h1-10H. The Bertz CT molecular complexity index is 766. The molecule has 0 saturated heterocycles. The van der Waals surface area contributed by atoms with Crippen molar-refractivity contribution < 1.29 is 13.2 Å². The highest BCUT2D eigenvalue weighted by molar-refractivity contribution is 7.99. The smallest absolute Gasteiger partial charge is 0.255 e. The Kier molecular flexibility index (Phi) is 3.59. The van der Waals surface area contributed by atoms with Crippen LogP contribution in [0.5, 0.6) is 0 Å². The minimum atomic E-state index is -4.30. The summed E-state index contributed by atoms with van der Waals surface area (Å²) < 4.78 is 37.5. The van der Waals surface area contributed by atoms with E-state index >= 15 is 0 Å². The van der Waals surface area contributed by atoms with Gasteiger partial charge in [0.15, 0.2) is 0 Å². The number of halogens is 3. The quantitative estimate of drug-likeness (QED) is 0.628. The van der Waals surface area contributed by atoms with Crippen LogP contribution in [0.1, 0.15) is 5.56 Å². The SMILES string of the molecule is FC(F)(F)c1ccc(Sc2cnc3ccccc3c2)cc1. The van der Waals surface area contributed by atoms with E-state index in [2.05, 4.69) is 4.98 Å². The predicted octanol–water partition coefficient (Wildman–Crippen LogP) is 5.40. The van der Waals surface area contributed by atoms with Gasteiger partial charge in [-0.25, -0.2) is 0 Å². The fourth-order valence-corrected chi connectivity index (χ4v) is 2.79. The second-order valence-electron chi connectivity index (χ2n) is 4.49. The van der Waals surface area contributed by atoms with E-state index in [1.807, 2.05) is 30.3 Å². The van der Waals surface area contributed by atoms with E-state index in [0.29, 0.717) is 0 Å². The summed E-state index contributed by atoms with van der Waals surface area (Å²) in [6.45, 7) is 0. The molecular formula is C16H10F3NS. The molecule has 0 aliphatic heterocycles. The van der Waals surface area contributed by atoms with Crippen molar-refractivity contribution in [3.05, 3.63) is 66.4 Å². The molecule has 21 heavy (non-hydrogen) atoms. The largest absolute Gasteiger partial charge is 0.416 e. The van der Waals surface area contributed by atoms with Crippen LogP contribution in [0, 0.1) is 0 Å². The average Bonchev–Trinajstić information content (AvgIpc) is 2.47. The Morgan fingerprint density at radius 3 is 2.29 bits per heavy atom. The van der Waals surface area contributed by atoms with Gasteiger partial charge >= 0.3 is 6.18 Å². The number of rotatable bonds is 2. The number of alkyl halides is 3. The van der Waals surface area contributed by atoms with Gasteiger partial charge in [0, 0.05) is 21.4 Å². The molecule has 0 amide bonds. The molecule has 0 N–H and O–H groups in total. The van der Waals surface area contributed by atoms with E-state index < -0.39 is 11.7 Å². The van der Waals surface area contributed by atoms with Crippen molar-refractivity contribution in [1.82, 2.24) is 4.98 Å². The minimum absolute atomic E-state index is 0.636. The first-order valence-corrected chi connectivity index (χ1v) is 7.04. The lowest BCUT2D eigenvalue weighted by molar-refractivity contribution is -0.137. The van der Waals surface area contributed by atoms with Gasteiger partial charge in [-0.15, -0.1) is 0 Å². The van der Waals surface area contributed by atoms with E-state index in [-0.39, 0.29) is 0 Å². The molecule has 106 valence electrons. The fraction of sp³-hybridized carbons (Fsp3) is 0.0625. The van der Waals surface area contributed by atoms with Crippen LogP contribution in [0.4, 0.5) is 13.2 Å². The Labute approximate surface area is 123 Å². The Hall–Kier alpha value is -2.01. The number of benzene rings is 2. The maximum Gasteiger partial charge on any atom is 0.416 e. The van der Waals surface area contributed by atoms with Crippen LogP contribution in [0.15, 0.2) is 70.6 Å². The maximum atomic E-state index is 12.5. The molecule has 0 unspecified atom stereocenters. The molecule has 3 rings (SSSR count). The molecule has 0 fully saturated rings. The highest BCUT2D eigenvalue weighted by Gasteiger charge is 2.29. The number of hydrogen-bond acceptors (Lipinski definition) is 2. The van der Waals surface area contributed by atoms with Crippen molar-refractivity contribution in [2.75, 3.05) is 0 Å². The lowest BCUT2D eigenvalue weighted by Crippen LogP contribution is -2.03. The number of para-hydroxylation sites is 1. The Balaban J connectivity index is 1.84. The molecule has 0 saturated carbocycles. The van der Waals surface area contributed by atoms with E-state index in [4.69, 9.17) is 0 Å². The predicted molar refractivity (Wildman–Crippen MR) is 77.3 cm³/mol. The van der Waals surface area contributed by atoms with Gasteiger partial charge in [0.2, 0.25) is 0 Å². The fourth-order valence-electron chi connectivity index (χ4n) is 1.95. The molecule has 0 spiro atoms. The van der Waals surface area contributed by atoms with E-state index in [1.165, 1.54) is 23.9 Å². The third-order valence-electron chi connectivity index (χ3n) is 2.98. The summed E-state index contributed by atoms with van der Waals surface area (Å²) in [5.41, 5.74) is 0.262. The molecule has 5 heteroatoms. The molecule has 0 radical (unpaired) electrons. The van der Waals surface area contributed by atoms with Crippen molar-refractivity contribution >= 4 is 22.7 Å². The lowest BCUT2D eigenvalue weighted by atomic mass is 10.2. The number of nitrogens with zero attached hydrogens (tertiary/aromatic N) is 1. The first kappa shape index (κ1) is 13.9. The first-order chi connectivity index (χ1) is 10.0. The number of hydrogen-bond donors (Lipinski definition) is 0. The van der Waals surface area contributed by atoms with Gasteiger partial charge in [-0.05, 0) is 36.4 Å². The van der Waals surface area contributed by atoms with Gasteiger partial charge in [0.25, 0.3) is 0 Å². The lowest BCUT2D eigenvalue weighted by Gasteiger charge is -2.07. The van der Waals surface area contributed by atoms with Gasteiger partial charge in [-0.2, -0.15) is 13.2 Å². The zero-order valence-corrected chi connectivity index (χ0v) is 11.6. The molecule has 3 aromatic rings. The van der Waals surface area contributed by atoms with Gasteiger partial charge in [-0.1, -0.05) is 30.0 Å². The first-order valence-electron chi connectivity index (χ1n) is 6.22. The van der Waals surface area contributed by atoms with Crippen molar-refractivity contribution in [3.8, 4) is 0 Å². The second kappa shape index (κ2) is 5.41. The zero-order valence-electron chi connectivity index (χ0n) is 10.8. The molecule has 0 atom stereocenters. The van der Waals surface area contributed by atoms with Crippen LogP contribution >= 0.6 is 11.8 Å². The molecule has 0 aliphatic carbocycles. The van der Waals surface area contributed by atoms with Gasteiger partial charge in [0.05, 0.1) is 11.1 Å². The second-order valence-corrected chi connectivity index (χ2v) is 5.63. The maximum absolute atomic E-state index is 12.5. The van der Waals surface area contributed by atoms with E-state index in [1.54, 1.807) is 6.20 Å². The molecular weight excluding hydrogens is 295 g/mol. The summed E-state index contributed by atoms with van der Waals surface area (Å²) in [7, 11) is 0. The average molecular weight is 305 g/mol. The molecule has 2 aromatic carbocycles. The summed E-state index contributed by atoms with van der Waals surface area (Å²) in [6.07, 6.45) is -2.57.